The minimum absolute atomic E-state index is 0.0146. The van der Waals surface area contributed by atoms with E-state index in [0.717, 1.165) is 22.6 Å². The summed E-state index contributed by atoms with van der Waals surface area (Å²) in [6.45, 7) is 4.00. The van der Waals surface area contributed by atoms with Crippen LogP contribution in [0.25, 0.3) is 6.08 Å². The van der Waals surface area contributed by atoms with Crippen LogP contribution in [-0.2, 0) is 15.1 Å². The molecule has 2 aromatic carbocycles. The normalized spacial score (nSPS) is 21.9. The van der Waals surface area contributed by atoms with Crippen molar-refractivity contribution in [1.29, 1.82) is 0 Å². The Kier molecular flexibility index (Phi) is 4.55. The largest absolute Gasteiger partial charge is 0.497 e. The van der Waals surface area contributed by atoms with Gasteiger partial charge >= 0.3 is 0 Å². The molecule has 0 N–H and O–H groups in total. The van der Waals surface area contributed by atoms with Crippen LogP contribution in [0.15, 0.2) is 78.6 Å². The van der Waals surface area contributed by atoms with Crippen LogP contribution in [0.1, 0.15) is 25.0 Å². The first kappa shape index (κ1) is 18.1. The summed E-state index contributed by atoms with van der Waals surface area (Å²) in [5.74, 6) is 1.31. The molecule has 0 saturated carbocycles. The van der Waals surface area contributed by atoms with Gasteiger partial charge in [0.2, 0.25) is 5.60 Å². The molecule has 2 aromatic rings. The number of ether oxygens (including phenoxy) is 2. The van der Waals surface area contributed by atoms with Gasteiger partial charge in [0.1, 0.15) is 11.5 Å². The van der Waals surface area contributed by atoms with E-state index in [9.17, 15) is 4.79 Å². The number of fused-ring (bicyclic) bond motifs is 2. The highest BCUT2D eigenvalue weighted by Gasteiger charge is 2.54. The molecule has 28 heavy (non-hydrogen) atoms. The number of hydrogen-bond donors (Lipinski definition) is 0. The fourth-order valence-electron chi connectivity index (χ4n) is 3.69. The maximum absolute atomic E-state index is 13.3. The number of amides is 1. The van der Waals surface area contributed by atoms with E-state index in [0.29, 0.717) is 5.76 Å². The summed E-state index contributed by atoms with van der Waals surface area (Å²) in [6.07, 6.45) is 9.54. The fraction of sp³-hybridized carbons (Fsp3) is 0.208. The molecular formula is C24H23NO3. The number of allylic oxidation sites excluding steroid dienone is 3. The lowest BCUT2D eigenvalue weighted by Crippen LogP contribution is -2.42. The van der Waals surface area contributed by atoms with Crippen LogP contribution in [-0.4, -0.2) is 19.1 Å². The van der Waals surface area contributed by atoms with E-state index in [-0.39, 0.29) is 11.9 Å². The van der Waals surface area contributed by atoms with Crippen molar-refractivity contribution in [3.63, 3.8) is 0 Å². The Morgan fingerprint density at radius 1 is 1.14 bits per heavy atom. The van der Waals surface area contributed by atoms with E-state index in [1.165, 1.54) is 0 Å². The van der Waals surface area contributed by atoms with Crippen molar-refractivity contribution >= 4 is 17.7 Å². The number of nitrogens with zero attached hydrogens (tertiary/aromatic N) is 1. The Morgan fingerprint density at radius 3 is 2.64 bits per heavy atom. The van der Waals surface area contributed by atoms with E-state index in [4.69, 9.17) is 9.47 Å². The van der Waals surface area contributed by atoms with Gasteiger partial charge in [0, 0.05) is 17.7 Å². The fourth-order valence-corrected chi connectivity index (χ4v) is 3.69. The van der Waals surface area contributed by atoms with E-state index in [1.54, 1.807) is 12.0 Å². The number of carbonyl (C=O) groups is 1. The number of benzene rings is 2. The quantitative estimate of drug-likeness (QED) is 0.771. The molecule has 0 radical (unpaired) electrons. The van der Waals surface area contributed by atoms with Crippen LogP contribution in [0.2, 0.25) is 0 Å². The third-order valence-corrected chi connectivity index (χ3v) is 5.03. The highest BCUT2D eigenvalue weighted by Crippen LogP contribution is 2.49. The lowest BCUT2D eigenvalue weighted by atomic mass is 9.96. The summed E-state index contributed by atoms with van der Waals surface area (Å²) < 4.78 is 11.6. The average Bonchev–Trinajstić information content (AvgIpc) is 3.23. The standard InChI is InChI=1S/C24H23NO3/c1-17(2)25-22-16-20(27-3)12-13-21(22)24(23(25)26)15-14-19(28-24)11-7-10-18-8-5-4-6-9-18/h4-17H,1-3H3/b10-7+,19-11-. The second kappa shape index (κ2) is 7.04. The maximum Gasteiger partial charge on any atom is 0.280 e. The molecule has 4 rings (SSSR count). The number of anilines is 1. The van der Waals surface area contributed by atoms with Gasteiger partial charge in [-0.1, -0.05) is 42.5 Å². The van der Waals surface area contributed by atoms with Crippen LogP contribution in [0, 0.1) is 0 Å². The van der Waals surface area contributed by atoms with Gasteiger partial charge in [-0.2, -0.15) is 0 Å². The first-order chi connectivity index (χ1) is 13.5. The Morgan fingerprint density at radius 2 is 1.93 bits per heavy atom. The Hall–Kier alpha value is -3.27. The third-order valence-electron chi connectivity index (χ3n) is 5.03. The summed E-state index contributed by atoms with van der Waals surface area (Å²) in [7, 11) is 1.62. The number of rotatable bonds is 4. The van der Waals surface area contributed by atoms with Crippen molar-refractivity contribution in [2.45, 2.75) is 25.5 Å². The molecule has 2 heterocycles. The molecule has 1 spiro atoms. The van der Waals surface area contributed by atoms with Crippen LogP contribution in [0.5, 0.6) is 5.75 Å². The molecule has 4 heteroatoms. The van der Waals surface area contributed by atoms with Gasteiger partial charge in [0.15, 0.2) is 0 Å². The molecule has 1 atom stereocenters. The highest BCUT2D eigenvalue weighted by molar-refractivity contribution is 6.09. The van der Waals surface area contributed by atoms with Gasteiger partial charge in [-0.3, -0.25) is 4.79 Å². The molecule has 0 saturated heterocycles. The monoisotopic (exact) mass is 373 g/mol. The molecule has 1 unspecified atom stereocenters. The van der Waals surface area contributed by atoms with Crippen molar-refractivity contribution in [2.24, 2.45) is 0 Å². The maximum atomic E-state index is 13.3. The smallest absolute Gasteiger partial charge is 0.280 e. The van der Waals surface area contributed by atoms with Crippen LogP contribution in [0.4, 0.5) is 5.69 Å². The third kappa shape index (κ3) is 2.91. The first-order valence-electron chi connectivity index (χ1n) is 9.39. The summed E-state index contributed by atoms with van der Waals surface area (Å²) in [5, 5.41) is 0. The van der Waals surface area contributed by atoms with Crippen molar-refractivity contribution in [3.8, 4) is 5.75 Å². The lowest BCUT2D eigenvalue weighted by molar-refractivity contribution is -0.132. The topological polar surface area (TPSA) is 38.8 Å². The molecule has 2 aliphatic heterocycles. The summed E-state index contributed by atoms with van der Waals surface area (Å²) >= 11 is 0. The highest BCUT2D eigenvalue weighted by atomic mass is 16.5. The predicted octanol–water partition coefficient (Wildman–Crippen LogP) is 4.83. The van der Waals surface area contributed by atoms with Crippen molar-refractivity contribution < 1.29 is 14.3 Å². The Bertz CT molecular complexity index is 988. The zero-order valence-corrected chi connectivity index (χ0v) is 16.3. The van der Waals surface area contributed by atoms with E-state index in [2.05, 4.69) is 0 Å². The molecule has 1 amide bonds. The molecule has 2 aliphatic rings. The zero-order chi connectivity index (χ0) is 19.7. The van der Waals surface area contributed by atoms with Crippen LogP contribution >= 0.6 is 0 Å². The van der Waals surface area contributed by atoms with Crippen molar-refractivity contribution in [2.75, 3.05) is 12.0 Å². The number of methoxy groups -OCH3 is 1. The second-order valence-electron chi connectivity index (χ2n) is 7.16. The zero-order valence-electron chi connectivity index (χ0n) is 16.3. The minimum atomic E-state index is -1.10. The van der Waals surface area contributed by atoms with Crippen molar-refractivity contribution in [1.82, 2.24) is 0 Å². The predicted molar refractivity (Wildman–Crippen MR) is 111 cm³/mol. The second-order valence-corrected chi connectivity index (χ2v) is 7.16. The lowest BCUT2D eigenvalue weighted by Gasteiger charge is -2.25. The van der Waals surface area contributed by atoms with Crippen molar-refractivity contribution in [3.05, 3.63) is 89.7 Å². The minimum Gasteiger partial charge on any atom is -0.497 e. The summed E-state index contributed by atoms with van der Waals surface area (Å²) in [5.41, 5.74) is 1.69. The summed E-state index contributed by atoms with van der Waals surface area (Å²) in [6, 6.07) is 15.7. The number of hydrogen-bond acceptors (Lipinski definition) is 3. The SMILES string of the molecule is COc1ccc2c(c1)N(C(C)C)C(=O)C21C=C/C(=C/C=C/c2ccccc2)O1. The van der Waals surface area contributed by atoms with Gasteiger partial charge in [-0.05, 0) is 49.8 Å². The van der Waals surface area contributed by atoms with Crippen LogP contribution in [0.3, 0.4) is 0 Å². The van der Waals surface area contributed by atoms with E-state index in [1.807, 2.05) is 92.8 Å². The molecule has 0 aromatic heterocycles. The first-order valence-corrected chi connectivity index (χ1v) is 9.39. The molecule has 0 aliphatic carbocycles. The van der Waals surface area contributed by atoms with Gasteiger partial charge in [-0.25, -0.2) is 0 Å². The molecule has 0 fully saturated rings. The molecule has 142 valence electrons. The molecular weight excluding hydrogens is 350 g/mol. The number of carbonyl (C=O) groups excluding carboxylic acids is 1. The Labute approximate surface area is 165 Å². The Balaban J connectivity index is 1.66. The van der Waals surface area contributed by atoms with Gasteiger partial charge < -0.3 is 14.4 Å². The molecule has 0 bridgehead atoms. The molecule has 4 nitrogen and oxygen atoms in total. The average molecular weight is 373 g/mol. The van der Waals surface area contributed by atoms with Crippen LogP contribution < -0.4 is 9.64 Å². The van der Waals surface area contributed by atoms with E-state index >= 15 is 0 Å². The summed E-state index contributed by atoms with van der Waals surface area (Å²) in [4.78, 5) is 15.1. The van der Waals surface area contributed by atoms with E-state index < -0.39 is 5.60 Å². The van der Waals surface area contributed by atoms with Gasteiger partial charge in [0.25, 0.3) is 5.91 Å². The van der Waals surface area contributed by atoms with Gasteiger partial charge in [-0.15, -0.1) is 0 Å². The van der Waals surface area contributed by atoms with Gasteiger partial charge in [0.05, 0.1) is 12.8 Å².